The maximum Gasteiger partial charge on any atom is -0.00577 e. The molecule has 0 saturated carbocycles. The highest BCUT2D eigenvalue weighted by Gasteiger charge is 2.19. The van der Waals surface area contributed by atoms with E-state index in [1.807, 2.05) is 0 Å². The minimum absolute atomic E-state index is 1.11. The second-order valence-corrected chi connectivity index (χ2v) is 5.29. The fourth-order valence-corrected chi connectivity index (χ4v) is 2.80. The average molecular weight is 234 g/mol. The SMILES string of the molecule is CC1=C(C)c2c(cccc2-c2ccc(C)cc2)C1. The summed E-state index contributed by atoms with van der Waals surface area (Å²) >= 11 is 0. The quantitative estimate of drug-likeness (QED) is 0.650. The van der Waals surface area contributed by atoms with Gasteiger partial charge in [-0.2, -0.15) is 0 Å². The van der Waals surface area contributed by atoms with Gasteiger partial charge >= 0.3 is 0 Å². The largest absolute Gasteiger partial charge is 0.0654 e. The molecule has 0 heteroatoms. The number of hydrogen-bond donors (Lipinski definition) is 0. The summed E-state index contributed by atoms with van der Waals surface area (Å²) in [7, 11) is 0. The number of allylic oxidation sites excluding steroid dienone is 2. The van der Waals surface area contributed by atoms with E-state index in [4.69, 9.17) is 0 Å². The first-order valence-electron chi connectivity index (χ1n) is 6.52. The summed E-state index contributed by atoms with van der Waals surface area (Å²) in [4.78, 5) is 0. The third-order valence-electron chi connectivity index (χ3n) is 3.98. The second-order valence-electron chi connectivity index (χ2n) is 5.29. The Morgan fingerprint density at radius 2 is 1.56 bits per heavy atom. The Morgan fingerprint density at radius 1 is 0.833 bits per heavy atom. The van der Waals surface area contributed by atoms with E-state index in [2.05, 4.69) is 63.2 Å². The molecule has 0 aromatic heterocycles. The summed E-state index contributed by atoms with van der Waals surface area (Å²) in [5.41, 5.74) is 9.91. The van der Waals surface area contributed by atoms with Crippen LogP contribution in [0, 0.1) is 6.92 Å². The van der Waals surface area contributed by atoms with Crippen LogP contribution in [-0.4, -0.2) is 0 Å². The van der Waals surface area contributed by atoms with Crippen LogP contribution < -0.4 is 0 Å². The first-order valence-corrected chi connectivity index (χ1v) is 6.52. The zero-order valence-corrected chi connectivity index (χ0v) is 11.2. The molecule has 0 N–H and O–H groups in total. The maximum absolute atomic E-state index is 2.26. The van der Waals surface area contributed by atoms with Crippen LogP contribution in [0.3, 0.4) is 0 Å². The van der Waals surface area contributed by atoms with E-state index in [1.165, 1.54) is 39.0 Å². The zero-order valence-electron chi connectivity index (χ0n) is 11.2. The number of fused-ring (bicyclic) bond motifs is 1. The minimum Gasteiger partial charge on any atom is -0.0654 e. The Hall–Kier alpha value is -1.82. The Balaban J connectivity index is 2.21. The standard InChI is InChI=1S/C18H18/c1-12-7-9-15(10-8-12)17-6-4-5-16-11-13(2)14(3)18(16)17/h4-10H,11H2,1-3H3. The fraction of sp³-hybridized carbons (Fsp3) is 0.222. The first-order chi connectivity index (χ1) is 8.66. The maximum atomic E-state index is 2.26. The van der Waals surface area contributed by atoms with Crippen molar-refractivity contribution >= 4 is 5.57 Å². The molecular formula is C18H18. The topological polar surface area (TPSA) is 0 Å². The molecule has 0 aliphatic heterocycles. The molecule has 2 aromatic rings. The molecule has 0 heterocycles. The van der Waals surface area contributed by atoms with E-state index < -0.39 is 0 Å². The number of aryl methyl sites for hydroxylation is 1. The lowest BCUT2D eigenvalue weighted by atomic mass is 9.94. The summed E-state index contributed by atoms with van der Waals surface area (Å²) in [6, 6.07) is 15.5. The summed E-state index contributed by atoms with van der Waals surface area (Å²) in [6.07, 6.45) is 1.11. The molecule has 0 radical (unpaired) electrons. The molecule has 0 saturated heterocycles. The summed E-state index contributed by atoms with van der Waals surface area (Å²) in [5.74, 6) is 0. The van der Waals surface area contributed by atoms with E-state index in [1.54, 1.807) is 0 Å². The molecule has 0 fully saturated rings. The molecule has 1 aliphatic rings. The Kier molecular flexibility index (Phi) is 2.59. The lowest BCUT2D eigenvalue weighted by molar-refractivity contribution is 1.19. The van der Waals surface area contributed by atoms with Gasteiger partial charge in [0.25, 0.3) is 0 Å². The molecule has 0 atom stereocenters. The van der Waals surface area contributed by atoms with E-state index >= 15 is 0 Å². The average Bonchev–Trinajstić information content (AvgIpc) is 2.66. The molecule has 0 amide bonds. The van der Waals surface area contributed by atoms with Crippen LogP contribution >= 0.6 is 0 Å². The highest BCUT2D eigenvalue weighted by Crippen LogP contribution is 2.39. The zero-order chi connectivity index (χ0) is 12.7. The molecule has 0 nitrogen and oxygen atoms in total. The number of rotatable bonds is 1. The van der Waals surface area contributed by atoms with Gasteiger partial charge in [-0.05, 0) is 55.0 Å². The third-order valence-corrected chi connectivity index (χ3v) is 3.98. The minimum atomic E-state index is 1.11. The van der Waals surface area contributed by atoms with Crippen LogP contribution in [0.4, 0.5) is 0 Å². The number of hydrogen-bond acceptors (Lipinski definition) is 0. The van der Waals surface area contributed by atoms with Crippen LogP contribution in [0.5, 0.6) is 0 Å². The van der Waals surface area contributed by atoms with Crippen LogP contribution in [-0.2, 0) is 6.42 Å². The Morgan fingerprint density at radius 3 is 2.28 bits per heavy atom. The van der Waals surface area contributed by atoms with Gasteiger partial charge in [0.1, 0.15) is 0 Å². The molecule has 90 valence electrons. The molecule has 0 spiro atoms. The van der Waals surface area contributed by atoms with Crippen molar-refractivity contribution in [2.75, 3.05) is 0 Å². The van der Waals surface area contributed by atoms with E-state index in [0.717, 1.165) is 6.42 Å². The smallest absolute Gasteiger partial charge is 0.00577 e. The lowest BCUT2D eigenvalue weighted by Gasteiger charge is -2.10. The van der Waals surface area contributed by atoms with Gasteiger partial charge in [-0.15, -0.1) is 0 Å². The molecule has 0 unspecified atom stereocenters. The predicted molar refractivity (Wildman–Crippen MR) is 78.6 cm³/mol. The van der Waals surface area contributed by atoms with Crippen LogP contribution in [0.15, 0.2) is 48.0 Å². The predicted octanol–water partition coefficient (Wildman–Crippen LogP) is 5.01. The van der Waals surface area contributed by atoms with Gasteiger partial charge < -0.3 is 0 Å². The monoisotopic (exact) mass is 234 g/mol. The van der Waals surface area contributed by atoms with Crippen molar-refractivity contribution in [1.82, 2.24) is 0 Å². The van der Waals surface area contributed by atoms with Gasteiger partial charge in [-0.3, -0.25) is 0 Å². The Bertz CT molecular complexity index is 628. The van der Waals surface area contributed by atoms with Gasteiger partial charge in [0.2, 0.25) is 0 Å². The highest BCUT2D eigenvalue weighted by molar-refractivity contribution is 5.86. The number of benzene rings is 2. The van der Waals surface area contributed by atoms with Crippen molar-refractivity contribution in [3.63, 3.8) is 0 Å². The van der Waals surface area contributed by atoms with Crippen molar-refractivity contribution in [3.05, 3.63) is 64.7 Å². The first kappa shape index (κ1) is 11.3. The molecule has 3 rings (SSSR count). The lowest BCUT2D eigenvalue weighted by Crippen LogP contribution is -1.89. The van der Waals surface area contributed by atoms with Crippen molar-refractivity contribution in [2.24, 2.45) is 0 Å². The summed E-state index contributed by atoms with van der Waals surface area (Å²) in [6.45, 7) is 6.63. The van der Waals surface area contributed by atoms with Crippen LogP contribution in [0.1, 0.15) is 30.5 Å². The Labute approximate surface area is 109 Å². The third kappa shape index (κ3) is 1.69. The summed E-state index contributed by atoms with van der Waals surface area (Å²) < 4.78 is 0. The molecule has 2 aromatic carbocycles. The van der Waals surface area contributed by atoms with Crippen LogP contribution in [0.25, 0.3) is 16.7 Å². The van der Waals surface area contributed by atoms with Crippen molar-refractivity contribution in [3.8, 4) is 11.1 Å². The van der Waals surface area contributed by atoms with Gasteiger partial charge in [-0.1, -0.05) is 53.6 Å². The van der Waals surface area contributed by atoms with Gasteiger partial charge in [0.15, 0.2) is 0 Å². The normalized spacial score (nSPS) is 13.9. The van der Waals surface area contributed by atoms with Crippen LogP contribution in [0.2, 0.25) is 0 Å². The molecule has 0 bridgehead atoms. The highest BCUT2D eigenvalue weighted by atomic mass is 14.2. The van der Waals surface area contributed by atoms with E-state index in [0.29, 0.717) is 0 Å². The van der Waals surface area contributed by atoms with Gasteiger partial charge in [0.05, 0.1) is 0 Å². The van der Waals surface area contributed by atoms with Crippen molar-refractivity contribution in [2.45, 2.75) is 27.2 Å². The van der Waals surface area contributed by atoms with E-state index in [9.17, 15) is 0 Å². The second kappa shape index (κ2) is 4.13. The molecular weight excluding hydrogens is 216 g/mol. The fourth-order valence-electron chi connectivity index (χ4n) is 2.80. The van der Waals surface area contributed by atoms with Crippen molar-refractivity contribution in [1.29, 1.82) is 0 Å². The molecule has 1 aliphatic carbocycles. The van der Waals surface area contributed by atoms with Gasteiger partial charge in [0, 0.05) is 0 Å². The summed E-state index contributed by atoms with van der Waals surface area (Å²) in [5, 5.41) is 0. The van der Waals surface area contributed by atoms with Crippen molar-refractivity contribution < 1.29 is 0 Å². The van der Waals surface area contributed by atoms with Gasteiger partial charge in [-0.25, -0.2) is 0 Å². The van der Waals surface area contributed by atoms with E-state index in [-0.39, 0.29) is 0 Å². The molecule has 18 heavy (non-hydrogen) atoms.